The fourth-order valence-corrected chi connectivity index (χ4v) is 1.49. The van der Waals surface area contributed by atoms with E-state index in [1.807, 2.05) is 0 Å². The lowest BCUT2D eigenvalue weighted by Crippen LogP contribution is -2.34. The number of nitrogens with zero attached hydrogens (tertiary/aromatic N) is 5. The van der Waals surface area contributed by atoms with Crippen LogP contribution >= 0.6 is 0 Å². The number of anilines is 3. The molecule has 0 saturated carbocycles. The molecule has 1 rings (SSSR count). The molecule has 0 unspecified atom stereocenters. The maximum Gasteiger partial charge on any atom is 0.416 e. The summed E-state index contributed by atoms with van der Waals surface area (Å²) in [5.41, 5.74) is 0. The van der Waals surface area contributed by atoms with Gasteiger partial charge in [0.1, 0.15) is 0 Å². The average Bonchev–Trinajstić information content (AvgIpc) is 2.51. The third-order valence-corrected chi connectivity index (χ3v) is 2.66. The predicted molar refractivity (Wildman–Crippen MR) is 89.4 cm³/mol. The standard InChI is InChI=1S/C14H24N6O4/c1-8(2)23-13(21)19(6)11-16-10(15-5)17-12(18-11)20(7)14(22)24-9(3)4/h8-9H,1-7H3,(H,15,16,17,18). The highest BCUT2D eigenvalue weighted by Crippen LogP contribution is 2.16. The van der Waals surface area contributed by atoms with Crippen molar-refractivity contribution in [2.75, 3.05) is 36.3 Å². The van der Waals surface area contributed by atoms with Crippen LogP contribution in [-0.4, -0.2) is 60.5 Å². The van der Waals surface area contributed by atoms with Gasteiger partial charge >= 0.3 is 12.2 Å². The second-order valence-electron chi connectivity index (χ2n) is 5.49. The Balaban J connectivity index is 3.11. The van der Waals surface area contributed by atoms with E-state index in [1.54, 1.807) is 34.7 Å². The molecule has 0 saturated heterocycles. The van der Waals surface area contributed by atoms with Crippen LogP contribution in [0.15, 0.2) is 0 Å². The Morgan fingerprint density at radius 1 is 0.875 bits per heavy atom. The number of rotatable bonds is 5. The lowest BCUT2D eigenvalue weighted by atomic mass is 10.5. The summed E-state index contributed by atoms with van der Waals surface area (Å²) in [7, 11) is 4.55. The Labute approximate surface area is 141 Å². The molecule has 10 heteroatoms. The molecule has 0 aliphatic rings. The third-order valence-electron chi connectivity index (χ3n) is 2.66. The van der Waals surface area contributed by atoms with E-state index >= 15 is 0 Å². The quantitative estimate of drug-likeness (QED) is 0.865. The number of aromatic nitrogens is 3. The summed E-state index contributed by atoms with van der Waals surface area (Å²) in [6.45, 7) is 6.94. The van der Waals surface area contributed by atoms with Crippen molar-refractivity contribution in [2.24, 2.45) is 0 Å². The summed E-state index contributed by atoms with van der Waals surface area (Å²) in [6, 6.07) is 0. The van der Waals surface area contributed by atoms with Crippen LogP contribution in [0.25, 0.3) is 0 Å². The first kappa shape index (κ1) is 19.4. The maximum atomic E-state index is 12.0. The van der Waals surface area contributed by atoms with Gasteiger partial charge in [0.05, 0.1) is 12.2 Å². The Morgan fingerprint density at radius 2 is 1.25 bits per heavy atom. The molecule has 1 heterocycles. The molecule has 1 aromatic heterocycles. The highest BCUT2D eigenvalue weighted by Gasteiger charge is 2.22. The Bertz CT molecular complexity index is 546. The third kappa shape index (κ3) is 5.21. The average molecular weight is 340 g/mol. The van der Waals surface area contributed by atoms with Gasteiger partial charge in [0.15, 0.2) is 0 Å². The summed E-state index contributed by atoms with van der Waals surface area (Å²) in [4.78, 5) is 38.6. The first-order valence-electron chi connectivity index (χ1n) is 7.48. The number of nitrogens with one attached hydrogen (secondary N) is 1. The molecule has 0 bridgehead atoms. The minimum atomic E-state index is -0.614. The molecule has 1 aromatic rings. The zero-order valence-electron chi connectivity index (χ0n) is 15.0. The fourth-order valence-electron chi connectivity index (χ4n) is 1.49. The zero-order valence-corrected chi connectivity index (χ0v) is 15.0. The Kier molecular flexibility index (Phi) is 6.69. The van der Waals surface area contributed by atoms with Gasteiger partial charge in [0.25, 0.3) is 0 Å². The Hall–Kier alpha value is -2.65. The molecule has 2 amide bonds. The van der Waals surface area contributed by atoms with E-state index < -0.39 is 12.2 Å². The molecule has 134 valence electrons. The SMILES string of the molecule is CNc1nc(N(C)C(=O)OC(C)C)nc(N(C)C(=O)OC(C)C)n1. The van der Waals surface area contributed by atoms with E-state index in [9.17, 15) is 9.59 Å². The molecular formula is C14H24N6O4. The van der Waals surface area contributed by atoms with Crippen molar-refractivity contribution in [3.05, 3.63) is 0 Å². The van der Waals surface area contributed by atoms with Crippen LogP contribution in [0, 0.1) is 0 Å². The minimum Gasteiger partial charge on any atom is -0.446 e. The first-order chi connectivity index (χ1) is 11.1. The number of ether oxygens (including phenoxy) is 2. The number of hydrogen-bond acceptors (Lipinski definition) is 8. The molecule has 24 heavy (non-hydrogen) atoms. The topological polar surface area (TPSA) is 110 Å². The monoisotopic (exact) mass is 340 g/mol. The van der Waals surface area contributed by atoms with Gasteiger partial charge < -0.3 is 14.8 Å². The van der Waals surface area contributed by atoms with Crippen molar-refractivity contribution >= 4 is 30.0 Å². The van der Waals surface area contributed by atoms with Crippen LogP contribution < -0.4 is 15.1 Å². The van der Waals surface area contributed by atoms with Gasteiger partial charge in [0, 0.05) is 21.1 Å². The van der Waals surface area contributed by atoms with Crippen molar-refractivity contribution in [1.82, 2.24) is 15.0 Å². The smallest absolute Gasteiger partial charge is 0.416 e. The normalized spacial score (nSPS) is 10.5. The number of carbonyl (C=O) groups excluding carboxylic acids is 2. The summed E-state index contributed by atoms with van der Waals surface area (Å²) < 4.78 is 10.2. The number of hydrogen-bond donors (Lipinski definition) is 1. The fraction of sp³-hybridized carbons (Fsp3) is 0.643. The van der Waals surface area contributed by atoms with Crippen LogP contribution in [0.1, 0.15) is 27.7 Å². The van der Waals surface area contributed by atoms with Crippen LogP contribution in [0.3, 0.4) is 0 Å². The van der Waals surface area contributed by atoms with Gasteiger partial charge in [-0.15, -0.1) is 0 Å². The highest BCUT2D eigenvalue weighted by atomic mass is 16.6. The second-order valence-corrected chi connectivity index (χ2v) is 5.49. The van der Waals surface area contributed by atoms with Gasteiger partial charge in [-0.2, -0.15) is 15.0 Å². The highest BCUT2D eigenvalue weighted by molar-refractivity contribution is 5.87. The molecule has 1 N–H and O–H groups in total. The second kappa shape index (κ2) is 8.27. The first-order valence-corrected chi connectivity index (χ1v) is 7.48. The predicted octanol–water partition coefficient (Wildman–Crippen LogP) is 1.88. The van der Waals surface area contributed by atoms with Crippen molar-refractivity contribution < 1.29 is 19.1 Å². The van der Waals surface area contributed by atoms with Crippen molar-refractivity contribution in [3.8, 4) is 0 Å². The zero-order chi connectivity index (χ0) is 18.4. The van der Waals surface area contributed by atoms with Crippen LogP contribution in [0.5, 0.6) is 0 Å². The van der Waals surface area contributed by atoms with Crippen molar-refractivity contribution in [2.45, 2.75) is 39.9 Å². The lowest BCUT2D eigenvalue weighted by Gasteiger charge is -2.20. The molecule has 0 aromatic carbocycles. The van der Waals surface area contributed by atoms with E-state index in [0.29, 0.717) is 0 Å². The molecule has 0 aliphatic carbocycles. The van der Waals surface area contributed by atoms with E-state index in [4.69, 9.17) is 9.47 Å². The molecule has 0 aliphatic heterocycles. The van der Waals surface area contributed by atoms with E-state index in [1.165, 1.54) is 14.1 Å². The maximum absolute atomic E-state index is 12.0. The van der Waals surface area contributed by atoms with Gasteiger partial charge in [-0.05, 0) is 27.7 Å². The van der Waals surface area contributed by atoms with Gasteiger partial charge in [-0.25, -0.2) is 19.4 Å². The van der Waals surface area contributed by atoms with Gasteiger partial charge in [-0.1, -0.05) is 0 Å². The lowest BCUT2D eigenvalue weighted by molar-refractivity contribution is 0.123. The van der Waals surface area contributed by atoms with E-state index in [0.717, 1.165) is 9.80 Å². The van der Waals surface area contributed by atoms with Gasteiger partial charge in [-0.3, -0.25) is 0 Å². The summed E-state index contributed by atoms with van der Waals surface area (Å²) in [5.74, 6) is 0.279. The van der Waals surface area contributed by atoms with Crippen LogP contribution in [0.2, 0.25) is 0 Å². The van der Waals surface area contributed by atoms with E-state index in [2.05, 4.69) is 20.3 Å². The van der Waals surface area contributed by atoms with Crippen molar-refractivity contribution in [1.29, 1.82) is 0 Å². The number of carbonyl (C=O) groups is 2. The van der Waals surface area contributed by atoms with Crippen LogP contribution in [0.4, 0.5) is 27.4 Å². The molecule has 0 atom stereocenters. The summed E-state index contributed by atoms with van der Waals surface area (Å²) in [6.07, 6.45) is -1.80. The largest absolute Gasteiger partial charge is 0.446 e. The Morgan fingerprint density at radius 3 is 1.54 bits per heavy atom. The summed E-state index contributed by atoms with van der Waals surface area (Å²) >= 11 is 0. The van der Waals surface area contributed by atoms with Crippen molar-refractivity contribution in [3.63, 3.8) is 0 Å². The summed E-state index contributed by atoms with van der Waals surface area (Å²) in [5, 5.41) is 2.76. The molecular weight excluding hydrogens is 316 g/mol. The molecule has 0 radical (unpaired) electrons. The molecule has 0 fully saturated rings. The minimum absolute atomic E-state index is 0.0409. The van der Waals surface area contributed by atoms with Gasteiger partial charge in [0.2, 0.25) is 17.8 Å². The van der Waals surface area contributed by atoms with E-state index in [-0.39, 0.29) is 30.1 Å². The van der Waals surface area contributed by atoms with Crippen LogP contribution in [-0.2, 0) is 9.47 Å². The molecule has 10 nitrogen and oxygen atoms in total. The molecule has 0 spiro atoms. The number of amides is 2.